The number of rotatable bonds is 1. The van der Waals surface area contributed by atoms with E-state index in [2.05, 4.69) is 21.0 Å². The highest BCUT2D eigenvalue weighted by Crippen LogP contribution is 2.17. The fraction of sp³-hybridized carbons (Fsp3) is 0. The van der Waals surface area contributed by atoms with Crippen LogP contribution in [0.15, 0.2) is 35.1 Å². The lowest BCUT2D eigenvalue weighted by Crippen LogP contribution is -1.99. The number of nitrogens with zero attached hydrogens (tertiary/aromatic N) is 2. The van der Waals surface area contributed by atoms with Crippen molar-refractivity contribution < 1.29 is 4.39 Å². The van der Waals surface area contributed by atoms with Crippen LogP contribution in [0.3, 0.4) is 0 Å². The Bertz CT molecular complexity index is 467. The summed E-state index contributed by atoms with van der Waals surface area (Å²) in [4.78, 5) is 0. The summed E-state index contributed by atoms with van der Waals surface area (Å²) in [6, 6.07) is 6.22. The minimum atomic E-state index is -0.388. The molecule has 2 rings (SSSR count). The summed E-state index contributed by atoms with van der Waals surface area (Å²) < 4.78 is 15.5. The van der Waals surface area contributed by atoms with Gasteiger partial charge in [-0.1, -0.05) is 0 Å². The minimum Gasteiger partial charge on any atom is -0.399 e. The highest BCUT2D eigenvalue weighted by molar-refractivity contribution is 9.10. The maximum Gasteiger partial charge on any atom is 0.150 e. The summed E-state index contributed by atoms with van der Waals surface area (Å²) in [5, 5.41) is 4.02. The lowest BCUT2D eigenvalue weighted by Gasteiger charge is -2.03. The number of nitrogens with two attached hydrogens (primary N) is 1. The summed E-state index contributed by atoms with van der Waals surface area (Å²) in [6.45, 7) is 0. The van der Waals surface area contributed by atoms with Gasteiger partial charge in [-0.25, -0.2) is 9.07 Å². The number of halogens is 2. The molecule has 1 aromatic carbocycles. The molecule has 0 radical (unpaired) electrons. The number of nitrogen functional groups attached to an aromatic ring is 1. The standard InChI is InChI=1S/C9H7BrFN3/c10-9-3-4-14(13-9)8-2-1-6(12)5-7(8)11/h1-5H,12H2. The molecule has 2 N–H and O–H groups in total. The molecule has 14 heavy (non-hydrogen) atoms. The molecule has 0 saturated carbocycles. The molecule has 1 heterocycles. The molecule has 1 aromatic heterocycles. The number of hydrogen-bond donors (Lipinski definition) is 1. The van der Waals surface area contributed by atoms with E-state index in [9.17, 15) is 4.39 Å². The van der Waals surface area contributed by atoms with Gasteiger partial charge in [0.25, 0.3) is 0 Å². The van der Waals surface area contributed by atoms with E-state index in [1.165, 1.54) is 10.7 Å². The van der Waals surface area contributed by atoms with E-state index in [4.69, 9.17) is 5.73 Å². The van der Waals surface area contributed by atoms with Gasteiger partial charge in [0.2, 0.25) is 0 Å². The Kier molecular flexibility index (Phi) is 2.25. The molecule has 0 spiro atoms. The Hall–Kier alpha value is -1.36. The molecule has 0 saturated heterocycles. The van der Waals surface area contributed by atoms with Crippen molar-refractivity contribution in [1.29, 1.82) is 0 Å². The molecule has 0 unspecified atom stereocenters. The van der Waals surface area contributed by atoms with Gasteiger partial charge in [-0.3, -0.25) is 0 Å². The highest BCUT2D eigenvalue weighted by atomic mass is 79.9. The zero-order valence-electron chi connectivity index (χ0n) is 7.11. The summed E-state index contributed by atoms with van der Waals surface area (Å²) in [5.74, 6) is -0.388. The van der Waals surface area contributed by atoms with Crippen molar-refractivity contribution in [1.82, 2.24) is 9.78 Å². The van der Waals surface area contributed by atoms with Gasteiger partial charge in [-0.15, -0.1) is 0 Å². The number of hydrogen-bond acceptors (Lipinski definition) is 2. The summed E-state index contributed by atoms with van der Waals surface area (Å²) >= 11 is 3.19. The maximum atomic E-state index is 13.4. The van der Waals surface area contributed by atoms with Crippen molar-refractivity contribution in [3.63, 3.8) is 0 Å². The van der Waals surface area contributed by atoms with Crippen molar-refractivity contribution in [2.45, 2.75) is 0 Å². The van der Waals surface area contributed by atoms with Gasteiger partial charge >= 0.3 is 0 Å². The van der Waals surface area contributed by atoms with Gasteiger partial charge in [-0.05, 0) is 40.2 Å². The Morgan fingerprint density at radius 3 is 2.71 bits per heavy atom. The average molecular weight is 256 g/mol. The Morgan fingerprint density at radius 2 is 2.14 bits per heavy atom. The minimum absolute atomic E-state index is 0.380. The topological polar surface area (TPSA) is 43.8 Å². The lowest BCUT2D eigenvalue weighted by atomic mass is 10.3. The Labute approximate surface area is 88.5 Å². The van der Waals surface area contributed by atoms with Crippen LogP contribution in [0.2, 0.25) is 0 Å². The third kappa shape index (κ3) is 1.63. The molecule has 0 bridgehead atoms. The van der Waals surface area contributed by atoms with E-state index in [1.54, 1.807) is 24.4 Å². The maximum absolute atomic E-state index is 13.4. The normalized spacial score (nSPS) is 10.4. The molecule has 72 valence electrons. The number of anilines is 1. The predicted octanol–water partition coefficient (Wildman–Crippen LogP) is 2.36. The fourth-order valence-corrected chi connectivity index (χ4v) is 1.43. The molecule has 2 aromatic rings. The second kappa shape index (κ2) is 3.42. The van der Waals surface area contributed by atoms with Gasteiger partial charge in [0, 0.05) is 11.9 Å². The second-order valence-electron chi connectivity index (χ2n) is 2.79. The van der Waals surface area contributed by atoms with Crippen molar-refractivity contribution in [3.05, 3.63) is 40.9 Å². The third-order valence-electron chi connectivity index (χ3n) is 1.78. The molecule has 5 heteroatoms. The van der Waals surface area contributed by atoms with Crippen LogP contribution in [0.4, 0.5) is 10.1 Å². The van der Waals surface area contributed by atoms with Crippen LogP contribution in [0, 0.1) is 5.82 Å². The molecule has 0 aliphatic heterocycles. The average Bonchev–Trinajstić information content (AvgIpc) is 2.51. The van der Waals surface area contributed by atoms with Crippen LogP contribution in [-0.2, 0) is 0 Å². The van der Waals surface area contributed by atoms with E-state index in [-0.39, 0.29) is 5.82 Å². The van der Waals surface area contributed by atoms with Crippen molar-refractivity contribution >= 4 is 21.6 Å². The molecule has 0 atom stereocenters. The largest absolute Gasteiger partial charge is 0.399 e. The van der Waals surface area contributed by atoms with E-state index in [1.807, 2.05) is 0 Å². The van der Waals surface area contributed by atoms with Crippen molar-refractivity contribution in [2.24, 2.45) is 0 Å². The van der Waals surface area contributed by atoms with Crippen LogP contribution >= 0.6 is 15.9 Å². The first-order valence-electron chi connectivity index (χ1n) is 3.93. The summed E-state index contributed by atoms with van der Waals surface area (Å²) in [7, 11) is 0. The SMILES string of the molecule is Nc1ccc(-n2ccc(Br)n2)c(F)c1. The first kappa shape index (κ1) is 9.21. The van der Waals surface area contributed by atoms with Gasteiger partial charge in [-0.2, -0.15) is 5.10 Å². The van der Waals surface area contributed by atoms with E-state index >= 15 is 0 Å². The Morgan fingerprint density at radius 1 is 1.36 bits per heavy atom. The number of aromatic nitrogens is 2. The summed E-state index contributed by atoms with van der Waals surface area (Å²) in [6.07, 6.45) is 1.67. The molecule has 0 amide bonds. The zero-order valence-corrected chi connectivity index (χ0v) is 8.70. The van der Waals surface area contributed by atoms with Crippen LogP contribution in [-0.4, -0.2) is 9.78 Å². The Balaban J connectivity index is 2.52. The fourth-order valence-electron chi connectivity index (χ4n) is 1.14. The van der Waals surface area contributed by atoms with Gasteiger partial charge in [0.15, 0.2) is 5.82 Å². The molecule has 0 aliphatic carbocycles. The smallest absolute Gasteiger partial charge is 0.150 e. The first-order chi connectivity index (χ1) is 6.66. The third-order valence-corrected chi connectivity index (χ3v) is 2.20. The van der Waals surface area contributed by atoms with E-state index in [0.29, 0.717) is 16.0 Å². The van der Waals surface area contributed by atoms with Crippen LogP contribution in [0.25, 0.3) is 5.69 Å². The second-order valence-corrected chi connectivity index (χ2v) is 3.61. The predicted molar refractivity (Wildman–Crippen MR) is 55.6 cm³/mol. The monoisotopic (exact) mass is 255 g/mol. The molecule has 0 aliphatic rings. The van der Waals surface area contributed by atoms with Crippen molar-refractivity contribution in [3.8, 4) is 5.69 Å². The summed E-state index contributed by atoms with van der Waals surface area (Å²) in [5.41, 5.74) is 6.21. The van der Waals surface area contributed by atoms with Crippen molar-refractivity contribution in [2.75, 3.05) is 5.73 Å². The van der Waals surface area contributed by atoms with Crippen LogP contribution < -0.4 is 5.73 Å². The van der Waals surface area contributed by atoms with Gasteiger partial charge in [0.05, 0.1) is 0 Å². The molecule has 3 nitrogen and oxygen atoms in total. The lowest BCUT2D eigenvalue weighted by molar-refractivity contribution is 0.611. The number of benzene rings is 1. The van der Waals surface area contributed by atoms with Crippen LogP contribution in [0.5, 0.6) is 0 Å². The molecular formula is C9H7BrFN3. The van der Waals surface area contributed by atoms with E-state index in [0.717, 1.165) is 0 Å². The zero-order chi connectivity index (χ0) is 10.1. The highest BCUT2D eigenvalue weighted by Gasteiger charge is 2.05. The van der Waals surface area contributed by atoms with Crippen LogP contribution in [0.1, 0.15) is 0 Å². The van der Waals surface area contributed by atoms with Gasteiger partial charge in [0.1, 0.15) is 10.3 Å². The molecule has 0 fully saturated rings. The van der Waals surface area contributed by atoms with E-state index < -0.39 is 0 Å². The molecular weight excluding hydrogens is 249 g/mol. The quantitative estimate of drug-likeness (QED) is 0.796. The first-order valence-corrected chi connectivity index (χ1v) is 4.73. The van der Waals surface area contributed by atoms with Gasteiger partial charge < -0.3 is 5.73 Å².